The van der Waals surface area contributed by atoms with Crippen molar-refractivity contribution in [2.24, 2.45) is 0 Å². The summed E-state index contributed by atoms with van der Waals surface area (Å²) in [7, 11) is 0. The molecule has 2 N–H and O–H groups in total. The number of nitrogens with one attached hydrogen (secondary N) is 2. The Hall–Kier alpha value is -4.48. The van der Waals surface area contributed by atoms with Gasteiger partial charge in [0.25, 0.3) is 11.8 Å². The minimum Gasteiger partial charge on any atom is -0.462 e. The molecule has 212 valence electrons. The maximum absolute atomic E-state index is 12.7. The number of thiophene rings is 2. The van der Waals surface area contributed by atoms with E-state index in [0.29, 0.717) is 42.4 Å². The molecule has 0 aliphatic carbocycles. The molecule has 9 nitrogen and oxygen atoms in total. The second kappa shape index (κ2) is 13.2. The fourth-order valence-corrected chi connectivity index (χ4v) is 5.66. The topological polar surface area (TPSA) is 120 Å². The first-order valence-electron chi connectivity index (χ1n) is 12.7. The minimum absolute atomic E-state index is 0.279. The van der Waals surface area contributed by atoms with Crippen LogP contribution in [0.25, 0.3) is 0 Å². The second-order valence-corrected chi connectivity index (χ2v) is 10.8. The zero-order valence-electron chi connectivity index (χ0n) is 22.9. The first kappa shape index (κ1) is 29.5. The Kier molecular flexibility index (Phi) is 9.53. The van der Waals surface area contributed by atoms with Crippen LogP contribution in [0.3, 0.4) is 0 Å². The van der Waals surface area contributed by atoms with Crippen molar-refractivity contribution >= 4 is 56.4 Å². The second-order valence-electron chi connectivity index (χ2n) is 8.75. The van der Waals surface area contributed by atoms with Gasteiger partial charge >= 0.3 is 11.9 Å². The average molecular weight is 593 g/mol. The Morgan fingerprint density at radius 1 is 0.634 bits per heavy atom. The number of rotatable bonds is 10. The molecule has 0 saturated carbocycles. The van der Waals surface area contributed by atoms with E-state index in [2.05, 4.69) is 10.6 Å². The number of anilines is 2. The Morgan fingerprint density at radius 3 is 1.34 bits per heavy atom. The number of hydrogen-bond acceptors (Lipinski definition) is 9. The average Bonchev–Trinajstić information content (AvgIpc) is 3.50. The van der Waals surface area contributed by atoms with Gasteiger partial charge in [0.15, 0.2) is 0 Å². The molecular weight excluding hydrogens is 564 g/mol. The maximum atomic E-state index is 12.7. The van der Waals surface area contributed by atoms with Crippen LogP contribution in [0.1, 0.15) is 65.0 Å². The summed E-state index contributed by atoms with van der Waals surface area (Å²) in [5.41, 5.74) is 2.31. The predicted octanol–water partition coefficient (Wildman–Crippen LogP) is 7.08. The summed E-state index contributed by atoms with van der Waals surface area (Å²) in [4.78, 5) is 50.4. The molecule has 2 aromatic heterocycles. The minimum atomic E-state index is -0.409. The molecule has 2 heterocycles. The van der Waals surface area contributed by atoms with Crippen molar-refractivity contribution in [3.63, 3.8) is 0 Å². The molecule has 41 heavy (non-hydrogen) atoms. The monoisotopic (exact) mass is 592 g/mol. The van der Waals surface area contributed by atoms with Gasteiger partial charge in [-0.05, 0) is 99.5 Å². The van der Waals surface area contributed by atoms with Crippen LogP contribution in [-0.2, 0) is 9.47 Å². The number of benzene rings is 2. The van der Waals surface area contributed by atoms with Crippen LogP contribution in [0.15, 0.2) is 60.7 Å². The van der Waals surface area contributed by atoms with E-state index in [-0.39, 0.29) is 25.0 Å². The summed E-state index contributed by atoms with van der Waals surface area (Å²) < 4.78 is 16.0. The van der Waals surface area contributed by atoms with E-state index >= 15 is 0 Å². The standard InChI is InChI=1S/C30H28N2O7S2/c1-5-37-29(35)25-17(3)15-23(40-25)31-27(33)19-7-11-21(12-8-19)39-22-13-9-20(10-14-22)28(34)32-24-16-18(4)26(41-24)30(36)38-6-2/h7-16H,5-6H2,1-4H3,(H,31,33)(H,32,34). The molecule has 0 radical (unpaired) electrons. The number of carbonyl (C=O) groups excluding carboxylic acids is 4. The van der Waals surface area contributed by atoms with Crippen LogP contribution in [0.2, 0.25) is 0 Å². The van der Waals surface area contributed by atoms with Gasteiger partial charge in [-0.25, -0.2) is 9.59 Å². The molecule has 0 fully saturated rings. The van der Waals surface area contributed by atoms with Crippen molar-refractivity contribution in [1.82, 2.24) is 0 Å². The number of hydrogen-bond donors (Lipinski definition) is 2. The van der Waals surface area contributed by atoms with Crippen molar-refractivity contribution in [1.29, 1.82) is 0 Å². The lowest BCUT2D eigenvalue weighted by atomic mass is 10.2. The van der Waals surface area contributed by atoms with Gasteiger partial charge in [0, 0.05) is 11.1 Å². The van der Waals surface area contributed by atoms with Gasteiger partial charge in [-0.15, -0.1) is 22.7 Å². The van der Waals surface area contributed by atoms with Gasteiger partial charge in [0.2, 0.25) is 0 Å². The third-order valence-corrected chi connectivity index (χ3v) is 7.96. The van der Waals surface area contributed by atoms with Gasteiger partial charge in [-0.2, -0.15) is 0 Å². The van der Waals surface area contributed by atoms with Crippen LogP contribution in [0.4, 0.5) is 10.0 Å². The molecule has 2 aromatic carbocycles. The van der Waals surface area contributed by atoms with Crippen molar-refractivity contribution in [2.45, 2.75) is 27.7 Å². The fraction of sp³-hybridized carbons (Fsp3) is 0.200. The number of ether oxygens (including phenoxy) is 3. The molecule has 2 amide bonds. The van der Waals surface area contributed by atoms with Crippen LogP contribution in [0.5, 0.6) is 11.5 Å². The number of aryl methyl sites for hydroxylation is 2. The summed E-state index contributed by atoms with van der Waals surface area (Å²) in [5, 5.41) is 6.71. The highest BCUT2D eigenvalue weighted by atomic mass is 32.1. The molecule has 0 atom stereocenters. The Balaban J connectivity index is 1.33. The molecular formula is C30H28N2O7S2. The van der Waals surface area contributed by atoms with Gasteiger partial charge in [0.05, 0.1) is 23.2 Å². The molecule has 11 heteroatoms. The SMILES string of the molecule is CCOC(=O)c1sc(NC(=O)c2ccc(Oc3ccc(C(=O)Nc4cc(C)c(C(=O)OCC)s4)cc3)cc2)cc1C. The lowest BCUT2D eigenvalue weighted by Gasteiger charge is -2.08. The molecule has 0 unspecified atom stereocenters. The maximum Gasteiger partial charge on any atom is 0.348 e. The smallest absolute Gasteiger partial charge is 0.348 e. The van der Waals surface area contributed by atoms with Crippen molar-refractivity contribution in [3.05, 3.63) is 92.7 Å². The van der Waals surface area contributed by atoms with Crippen LogP contribution >= 0.6 is 22.7 Å². The van der Waals surface area contributed by atoms with Gasteiger partial charge in [-0.1, -0.05) is 0 Å². The molecule has 0 bridgehead atoms. The van der Waals surface area contributed by atoms with Crippen molar-refractivity contribution < 1.29 is 33.4 Å². The molecule has 0 aliphatic rings. The normalized spacial score (nSPS) is 10.5. The van der Waals surface area contributed by atoms with E-state index in [0.717, 1.165) is 11.1 Å². The van der Waals surface area contributed by atoms with Gasteiger partial charge in [-0.3, -0.25) is 9.59 Å². The number of esters is 2. The summed E-state index contributed by atoms with van der Waals surface area (Å²) in [6.07, 6.45) is 0. The highest BCUT2D eigenvalue weighted by Gasteiger charge is 2.18. The van der Waals surface area contributed by atoms with Crippen molar-refractivity contribution in [3.8, 4) is 11.5 Å². The first-order valence-corrected chi connectivity index (χ1v) is 14.4. The molecule has 0 spiro atoms. The zero-order chi connectivity index (χ0) is 29.5. The third-order valence-electron chi connectivity index (χ3n) is 5.70. The van der Waals surface area contributed by atoms with Crippen LogP contribution in [0, 0.1) is 13.8 Å². The number of carbonyl (C=O) groups is 4. The lowest BCUT2D eigenvalue weighted by molar-refractivity contribution is 0.0521. The van der Waals surface area contributed by atoms with Crippen LogP contribution < -0.4 is 15.4 Å². The zero-order valence-corrected chi connectivity index (χ0v) is 24.5. The lowest BCUT2D eigenvalue weighted by Crippen LogP contribution is -2.10. The highest BCUT2D eigenvalue weighted by molar-refractivity contribution is 7.18. The first-order chi connectivity index (χ1) is 19.7. The summed E-state index contributed by atoms with van der Waals surface area (Å²) in [6, 6.07) is 16.7. The molecule has 4 aromatic rings. The summed E-state index contributed by atoms with van der Waals surface area (Å²) in [5.74, 6) is -0.440. The highest BCUT2D eigenvalue weighted by Crippen LogP contribution is 2.30. The van der Waals surface area contributed by atoms with E-state index in [9.17, 15) is 19.2 Å². The third kappa shape index (κ3) is 7.38. The number of amides is 2. The Bertz CT molecular complexity index is 1450. The van der Waals surface area contributed by atoms with E-state index in [1.54, 1.807) is 88.4 Å². The largest absolute Gasteiger partial charge is 0.462 e. The predicted molar refractivity (Wildman–Crippen MR) is 159 cm³/mol. The van der Waals surface area contributed by atoms with Gasteiger partial charge < -0.3 is 24.8 Å². The van der Waals surface area contributed by atoms with E-state index < -0.39 is 11.9 Å². The van der Waals surface area contributed by atoms with Crippen LogP contribution in [-0.4, -0.2) is 37.0 Å². The Labute approximate surface area is 245 Å². The van der Waals surface area contributed by atoms with Gasteiger partial charge in [0.1, 0.15) is 21.3 Å². The summed E-state index contributed by atoms with van der Waals surface area (Å²) >= 11 is 2.33. The molecule has 0 saturated heterocycles. The Morgan fingerprint density at radius 2 is 1.00 bits per heavy atom. The summed E-state index contributed by atoms with van der Waals surface area (Å²) in [6.45, 7) is 7.62. The fourth-order valence-electron chi connectivity index (χ4n) is 3.74. The van der Waals surface area contributed by atoms with E-state index in [1.165, 1.54) is 22.7 Å². The van der Waals surface area contributed by atoms with E-state index in [4.69, 9.17) is 14.2 Å². The molecule has 4 rings (SSSR count). The quantitative estimate of drug-likeness (QED) is 0.189. The van der Waals surface area contributed by atoms with Crippen molar-refractivity contribution in [2.75, 3.05) is 23.8 Å². The molecule has 0 aliphatic heterocycles. The van der Waals surface area contributed by atoms with E-state index in [1.807, 2.05) is 0 Å².